The van der Waals surface area contributed by atoms with Gasteiger partial charge >= 0.3 is 0 Å². The van der Waals surface area contributed by atoms with E-state index in [0.717, 1.165) is 12.8 Å². The van der Waals surface area contributed by atoms with Crippen LogP contribution in [-0.2, 0) is 10.0 Å². The molecule has 0 spiro atoms. The van der Waals surface area contributed by atoms with Gasteiger partial charge in [0.25, 0.3) is 0 Å². The van der Waals surface area contributed by atoms with E-state index >= 15 is 0 Å². The van der Waals surface area contributed by atoms with Crippen molar-refractivity contribution in [3.8, 4) is 0 Å². The quantitative estimate of drug-likeness (QED) is 0.745. The largest absolute Gasteiger partial charge is 0.396 e. The van der Waals surface area contributed by atoms with E-state index in [2.05, 4.69) is 4.90 Å². The molecule has 6 heteroatoms. The fourth-order valence-electron chi connectivity index (χ4n) is 3.29. The first-order valence-corrected chi connectivity index (χ1v) is 9.57. The monoisotopic (exact) mass is 304 g/mol. The minimum Gasteiger partial charge on any atom is -0.396 e. The summed E-state index contributed by atoms with van der Waals surface area (Å²) >= 11 is 0. The average Bonchev–Trinajstić information content (AvgIpc) is 2.48. The van der Waals surface area contributed by atoms with Crippen molar-refractivity contribution in [3.05, 3.63) is 0 Å². The summed E-state index contributed by atoms with van der Waals surface area (Å²) in [6.07, 6.45) is 7.00. The first kappa shape index (κ1) is 16.2. The van der Waals surface area contributed by atoms with Crippen molar-refractivity contribution in [1.29, 1.82) is 0 Å². The molecule has 1 N–H and O–H groups in total. The molecule has 2 aliphatic rings. The predicted octanol–water partition coefficient (Wildman–Crippen LogP) is 1.04. The second-order valence-electron chi connectivity index (χ2n) is 5.97. The number of hydrogen-bond acceptors (Lipinski definition) is 4. The molecule has 2 saturated heterocycles. The van der Waals surface area contributed by atoms with Crippen LogP contribution in [0.2, 0.25) is 0 Å². The molecule has 0 radical (unpaired) electrons. The first-order chi connectivity index (χ1) is 9.63. The highest BCUT2D eigenvalue weighted by atomic mass is 32.2. The van der Waals surface area contributed by atoms with E-state index in [9.17, 15) is 8.42 Å². The number of sulfonamides is 1. The highest BCUT2D eigenvalue weighted by molar-refractivity contribution is 7.89. The molecule has 0 amide bonds. The van der Waals surface area contributed by atoms with Crippen LogP contribution in [0.15, 0.2) is 0 Å². The lowest BCUT2D eigenvalue weighted by Gasteiger charge is -2.39. The number of aliphatic hydroxyl groups is 1. The molecular weight excluding hydrogens is 276 g/mol. The molecule has 2 fully saturated rings. The van der Waals surface area contributed by atoms with Crippen molar-refractivity contribution < 1.29 is 13.5 Å². The maximum atomic E-state index is 12.2. The highest BCUT2D eigenvalue weighted by Crippen LogP contribution is 2.22. The lowest BCUT2D eigenvalue weighted by molar-refractivity contribution is 0.118. The highest BCUT2D eigenvalue weighted by Gasteiger charge is 2.30. The minimum absolute atomic E-state index is 0.0759. The molecule has 20 heavy (non-hydrogen) atoms. The van der Waals surface area contributed by atoms with Crippen LogP contribution in [0.3, 0.4) is 0 Å². The number of rotatable bonds is 6. The van der Waals surface area contributed by atoms with Gasteiger partial charge in [0.2, 0.25) is 10.0 Å². The summed E-state index contributed by atoms with van der Waals surface area (Å²) in [5.74, 6) is 0.182. The second-order valence-corrected chi connectivity index (χ2v) is 8.06. The van der Waals surface area contributed by atoms with Gasteiger partial charge in [0, 0.05) is 25.7 Å². The molecule has 0 atom stereocenters. The van der Waals surface area contributed by atoms with Crippen molar-refractivity contribution in [2.75, 3.05) is 38.5 Å². The lowest BCUT2D eigenvalue weighted by Crippen LogP contribution is -2.48. The van der Waals surface area contributed by atoms with E-state index in [1.807, 2.05) is 0 Å². The number of unbranched alkanes of at least 4 members (excludes halogenated alkanes) is 1. The summed E-state index contributed by atoms with van der Waals surface area (Å²) in [4.78, 5) is 2.55. The van der Waals surface area contributed by atoms with Gasteiger partial charge in [-0.3, -0.25) is 0 Å². The zero-order chi connectivity index (χ0) is 14.4. The van der Waals surface area contributed by atoms with E-state index < -0.39 is 10.0 Å². The maximum Gasteiger partial charge on any atom is 0.214 e. The van der Waals surface area contributed by atoms with Crippen LogP contribution in [0.5, 0.6) is 0 Å². The molecule has 0 aromatic heterocycles. The van der Waals surface area contributed by atoms with Gasteiger partial charge in [-0.2, -0.15) is 0 Å². The Balaban J connectivity index is 1.78. The molecule has 118 valence electrons. The van der Waals surface area contributed by atoms with Crippen LogP contribution < -0.4 is 0 Å². The van der Waals surface area contributed by atoms with Crippen LogP contribution in [-0.4, -0.2) is 67.3 Å². The Hall–Kier alpha value is -0.170. The number of likely N-dealkylation sites (tertiary alicyclic amines) is 1. The normalized spacial score (nSPS) is 24.1. The van der Waals surface area contributed by atoms with Crippen LogP contribution in [0.4, 0.5) is 0 Å². The molecule has 2 rings (SSSR count). The van der Waals surface area contributed by atoms with Gasteiger partial charge in [0.05, 0.1) is 5.75 Å². The zero-order valence-corrected chi connectivity index (χ0v) is 13.2. The van der Waals surface area contributed by atoms with Gasteiger partial charge in [0.15, 0.2) is 0 Å². The van der Waals surface area contributed by atoms with Gasteiger partial charge in [0.1, 0.15) is 0 Å². The molecule has 0 aromatic carbocycles. The zero-order valence-electron chi connectivity index (χ0n) is 12.3. The third kappa shape index (κ3) is 4.41. The van der Waals surface area contributed by atoms with Crippen LogP contribution in [0, 0.1) is 0 Å². The third-order valence-corrected chi connectivity index (χ3v) is 6.49. The fourth-order valence-corrected chi connectivity index (χ4v) is 4.89. The van der Waals surface area contributed by atoms with Crippen molar-refractivity contribution in [2.45, 2.75) is 51.0 Å². The van der Waals surface area contributed by atoms with Gasteiger partial charge < -0.3 is 10.0 Å². The van der Waals surface area contributed by atoms with Gasteiger partial charge in [-0.25, -0.2) is 12.7 Å². The predicted molar refractivity (Wildman–Crippen MR) is 80.1 cm³/mol. The van der Waals surface area contributed by atoms with E-state index in [4.69, 9.17) is 5.11 Å². The molecule has 0 aliphatic carbocycles. The maximum absolute atomic E-state index is 12.2. The molecule has 2 heterocycles. The third-order valence-electron chi connectivity index (χ3n) is 4.53. The van der Waals surface area contributed by atoms with E-state index in [-0.39, 0.29) is 12.4 Å². The summed E-state index contributed by atoms with van der Waals surface area (Å²) in [5, 5.41) is 8.74. The van der Waals surface area contributed by atoms with E-state index in [1.54, 1.807) is 4.31 Å². The minimum atomic E-state index is -3.11. The Morgan fingerprint density at radius 2 is 1.60 bits per heavy atom. The standard InChI is InChI=1S/C14H28N2O3S/c17-12-4-5-13-20(18,19)16-10-6-14(7-11-16)15-8-2-1-3-9-15/h14,17H,1-13H2. The van der Waals surface area contributed by atoms with Crippen LogP contribution in [0.1, 0.15) is 44.9 Å². The Labute approximate surface area is 123 Å². The van der Waals surface area contributed by atoms with Crippen LogP contribution in [0.25, 0.3) is 0 Å². The smallest absolute Gasteiger partial charge is 0.214 e. The average molecular weight is 304 g/mol. The Morgan fingerprint density at radius 3 is 2.20 bits per heavy atom. The van der Waals surface area contributed by atoms with Gasteiger partial charge in [-0.15, -0.1) is 0 Å². The Morgan fingerprint density at radius 1 is 0.950 bits per heavy atom. The van der Waals surface area contributed by atoms with E-state index in [0.29, 0.717) is 32.0 Å². The Bertz CT molecular complexity index is 372. The molecular formula is C14H28N2O3S. The summed E-state index contributed by atoms with van der Waals surface area (Å²) in [6.45, 7) is 3.79. The summed E-state index contributed by atoms with van der Waals surface area (Å²) in [6, 6.07) is 0.583. The SMILES string of the molecule is O=S(=O)(CCCCO)N1CCC(N2CCCCC2)CC1. The van der Waals surface area contributed by atoms with Gasteiger partial charge in [-0.1, -0.05) is 6.42 Å². The second kappa shape index (κ2) is 7.73. The van der Waals surface area contributed by atoms with Crippen LogP contribution >= 0.6 is 0 Å². The van der Waals surface area contributed by atoms with Crippen molar-refractivity contribution in [2.24, 2.45) is 0 Å². The van der Waals surface area contributed by atoms with Crippen molar-refractivity contribution in [3.63, 3.8) is 0 Å². The topological polar surface area (TPSA) is 60.9 Å². The number of nitrogens with zero attached hydrogens (tertiary/aromatic N) is 2. The van der Waals surface area contributed by atoms with Crippen molar-refractivity contribution in [1.82, 2.24) is 9.21 Å². The molecule has 0 unspecified atom stereocenters. The molecule has 0 bridgehead atoms. The molecule has 5 nitrogen and oxygen atoms in total. The first-order valence-electron chi connectivity index (χ1n) is 7.96. The molecule has 0 saturated carbocycles. The number of hydrogen-bond donors (Lipinski definition) is 1. The molecule has 2 aliphatic heterocycles. The summed E-state index contributed by atoms with van der Waals surface area (Å²) in [5.41, 5.74) is 0. The van der Waals surface area contributed by atoms with E-state index in [1.165, 1.54) is 32.4 Å². The summed E-state index contributed by atoms with van der Waals surface area (Å²) < 4.78 is 26.0. The summed E-state index contributed by atoms with van der Waals surface area (Å²) in [7, 11) is -3.11. The molecule has 0 aromatic rings. The number of piperidine rings is 2. The fraction of sp³-hybridized carbons (Fsp3) is 1.00. The number of aliphatic hydroxyl groups excluding tert-OH is 1. The van der Waals surface area contributed by atoms with Crippen molar-refractivity contribution >= 4 is 10.0 Å². The Kier molecular flexibility index (Phi) is 6.26. The van der Waals surface area contributed by atoms with Gasteiger partial charge in [-0.05, 0) is 51.6 Å². The lowest BCUT2D eigenvalue weighted by atomic mass is 10.0.